The van der Waals surface area contributed by atoms with Crippen LogP contribution in [-0.2, 0) is 9.13 Å². The third kappa shape index (κ3) is 6.36. The van der Waals surface area contributed by atoms with Gasteiger partial charge in [0.05, 0.1) is 10.6 Å². The van der Waals surface area contributed by atoms with Crippen LogP contribution >= 0.6 is 15.2 Å². The van der Waals surface area contributed by atoms with E-state index in [1.165, 1.54) is 24.3 Å². The van der Waals surface area contributed by atoms with E-state index in [1.807, 2.05) is 6.92 Å². The minimum atomic E-state index is -4.04. The first-order valence-corrected chi connectivity index (χ1v) is 9.07. The molecule has 0 aliphatic carbocycles. The lowest BCUT2D eigenvalue weighted by atomic mass is 10.2. The summed E-state index contributed by atoms with van der Waals surface area (Å²) in [4.78, 5) is 34.6. The van der Waals surface area contributed by atoms with E-state index in [9.17, 15) is 9.13 Å². The van der Waals surface area contributed by atoms with Gasteiger partial charge in [-0.2, -0.15) is 0 Å². The van der Waals surface area contributed by atoms with Crippen molar-refractivity contribution in [2.45, 2.75) is 6.92 Å². The number of aryl methyl sites for hydroxylation is 1. The topological polar surface area (TPSA) is 115 Å². The zero-order valence-corrected chi connectivity index (χ0v) is 13.0. The van der Waals surface area contributed by atoms with E-state index in [-0.39, 0.29) is 10.6 Å². The molecule has 0 saturated carbocycles. The van der Waals surface area contributed by atoms with Gasteiger partial charge in [-0.3, -0.25) is 9.13 Å². The second-order valence-corrected chi connectivity index (χ2v) is 7.47. The summed E-state index contributed by atoms with van der Waals surface area (Å²) in [5, 5.41) is 0.137. The maximum absolute atomic E-state index is 10.6. The maximum Gasteiger partial charge on any atom is 0.356 e. The van der Waals surface area contributed by atoms with Gasteiger partial charge < -0.3 is 19.6 Å². The van der Waals surface area contributed by atoms with Gasteiger partial charge in [0.25, 0.3) is 0 Å². The lowest BCUT2D eigenvalue weighted by Crippen LogP contribution is -2.02. The van der Waals surface area contributed by atoms with Gasteiger partial charge in [-0.1, -0.05) is 35.9 Å². The first-order chi connectivity index (χ1) is 9.60. The highest BCUT2D eigenvalue weighted by Crippen LogP contribution is 2.33. The fourth-order valence-electron chi connectivity index (χ4n) is 1.36. The molecule has 0 atom stereocenters. The summed E-state index contributed by atoms with van der Waals surface area (Å²) >= 11 is 0. The second kappa shape index (κ2) is 7.14. The van der Waals surface area contributed by atoms with Crippen LogP contribution in [0.2, 0.25) is 0 Å². The molecule has 6 nitrogen and oxygen atoms in total. The van der Waals surface area contributed by atoms with E-state index in [4.69, 9.17) is 19.6 Å². The van der Waals surface area contributed by atoms with Gasteiger partial charge in [0.15, 0.2) is 0 Å². The van der Waals surface area contributed by atoms with Gasteiger partial charge in [0, 0.05) is 0 Å². The van der Waals surface area contributed by atoms with Crippen molar-refractivity contribution in [2.75, 3.05) is 0 Å². The van der Waals surface area contributed by atoms with Crippen LogP contribution < -0.4 is 10.6 Å². The van der Waals surface area contributed by atoms with Crippen molar-refractivity contribution in [1.82, 2.24) is 0 Å². The average Bonchev–Trinajstić information content (AvgIpc) is 2.39. The van der Waals surface area contributed by atoms with Crippen molar-refractivity contribution in [3.05, 3.63) is 60.2 Å². The van der Waals surface area contributed by atoms with Gasteiger partial charge in [0.1, 0.15) is 0 Å². The molecule has 0 bridgehead atoms. The summed E-state index contributed by atoms with van der Waals surface area (Å²) in [7, 11) is -8.06. The van der Waals surface area contributed by atoms with E-state index in [0.717, 1.165) is 5.56 Å². The first-order valence-electron chi connectivity index (χ1n) is 5.84. The molecule has 2 rings (SSSR count). The fraction of sp³-hybridized carbons (Fsp3) is 0.0769. The lowest BCUT2D eigenvalue weighted by Gasteiger charge is -2.02. The Bertz CT molecular complexity index is 657. The lowest BCUT2D eigenvalue weighted by molar-refractivity contribution is 0.385. The second-order valence-electron chi connectivity index (χ2n) is 4.26. The van der Waals surface area contributed by atoms with Crippen LogP contribution in [-0.4, -0.2) is 19.6 Å². The Morgan fingerprint density at radius 2 is 1.05 bits per heavy atom. The van der Waals surface area contributed by atoms with Crippen molar-refractivity contribution in [2.24, 2.45) is 0 Å². The molecule has 0 fully saturated rings. The van der Waals surface area contributed by atoms with Crippen LogP contribution in [0.3, 0.4) is 0 Å². The standard InChI is InChI=1S/C7H9O3P.C6H7O3P/c1-6-2-4-7(5-3-6)11(8,9)10;7-10(8,9)6-4-2-1-3-5-6/h2-5H,1H3,(H2,8,9,10);1-5H,(H2,7,8,9). The molecule has 0 unspecified atom stereocenters. The maximum atomic E-state index is 10.6. The molecule has 0 heterocycles. The third-order valence-corrected chi connectivity index (χ3v) is 4.40. The summed E-state index contributed by atoms with van der Waals surface area (Å²) in [5.74, 6) is 0. The zero-order valence-electron chi connectivity index (χ0n) is 11.2. The Morgan fingerprint density at radius 3 is 1.38 bits per heavy atom. The summed E-state index contributed by atoms with van der Waals surface area (Å²) in [6.45, 7) is 1.86. The number of benzene rings is 2. The van der Waals surface area contributed by atoms with Crippen LogP contribution in [0, 0.1) is 6.92 Å². The molecule has 2 aromatic rings. The molecular weight excluding hydrogens is 314 g/mol. The van der Waals surface area contributed by atoms with E-state index >= 15 is 0 Å². The van der Waals surface area contributed by atoms with Crippen LogP contribution in [0.4, 0.5) is 0 Å². The van der Waals surface area contributed by atoms with Crippen molar-refractivity contribution in [1.29, 1.82) is 0 Å². The third-order valence-electron chi connectivity index (χ3n) is 2.46. The number of hydrogen-bond acceptors (Lipinski definition) is 2. The van der Waals surface area contributed by atoms with Gasteiger partial charge in [-0.05, 0) is 31.2 Å². The predicted octanol–water partition coefficient (Wildman–Crippen LogP) is 1.29. The average molecular weight is 330 g/mol. The molecule has 4 N–H and O–H groups in total. The highest BCUT2D eigenvalue weighted by atomic mass is 31.2. The molecule has 0 aromatic heterocycles. The molecular formula is C13H16O6P2. The molecule has 0 radical (unpaired) electrons. The summed E-state index contributed by atoms with van der Waals surface area (Å²) in [6.07, 6.45) is 0. The molecule has 8 heteroatoms. The minimum absolute atomic E-state index is 0.0648. The summed E-state index contributed by atoms with van der Waals surface area (Å²) in [5.41, 5.74) is 0.988. The van der Waals surface area contributed by atoms with Crippen LogP contribution in [0.25, 0.3) is 0 Å². The normalized spacial score (nSPS) is 11.5. The van der Waals surface area contributed by atoms with E-state index in [2.05, 4.69) is 0 Å². The van der Waals surface area contributed by atoms with Crippen LogP contribution in [0.15, 0.2) is 54.6 Å². The summed E-state index contributed by atoms with van der Waals surface area (Å²) < 4.78 is 21.2. The monoisotopic (exact) mass is 330 g/mol. The molecule has 0 saturated heterocycles. The smallest absolute Gasteiger partial charge is 0.321 e. The molecule has 21 heavy (non-hydrogen) atoms. The Morgan fingerprint density at radius 1 is 0.667 bits per heavy atom. The van der Waals surface area contributed by atoms with Crippen molar-refractivity contribution >= 4 is 25.8 Å². The Labute approximate surface area is 122 Å². The van der Waals surface area contributed by atoms with Gasteiger partial charge in [0.2, 0.25) is 0 Å². The van der Waals surface area contributed by atoms with Gasteiger partial charge >= 0.3 is 15.2 Å². The zero-order chi connectivity index (χ0) is 16.1. The van der Waals surface area contributed by atoms with E-state index in [1.54, 1.807) is 30.3 Å². The first kappa shape index (κ1) is 17.8. The SMILES string of the molecule is Cc1ccc(P(=O)(O)O)cc1.O=P(O)(O)c1ccccc1. The Kier molecular flexibility index (Phi) is 6.05. The van der Waals surface area contributed by atoms with Crippen LogP contribution in [0.5, 0.6) is 0 Å². The van der Waals surface area contributed by atoms with E-state index < -0.39 is 15.2 Å². The number of rotatable bonds is 2. The quantitative estimate of drug-likeness (QED) is 0.617. The summed E-state index contributed by atoms with van der Waals surface area (Å²) in [6, 6.07) is 13.9. The molecule has 2 aromatic carbocycles. The van der Waals surface area contributed by atoms with Gasteiger partial charge in [-0.15, -0.1) is 0 Å². The van der Waals surface area contributed by atoms with Crippen LogP contribution in [0.1, 0.15) is 5.56 Å². The highest BCUT2D eigenvalue weighted by molar-refractivity contribution is 7.60. The fourth-order valence-corrected chi connectivity index (χ4v) is 2.46. The molecule has 0 aliphatic rings. The predicted molar refractivity (Wildman–Crippen MR) is 81.0 cm³/mol. The van der Waals surface area contributed by atoms with Crippen molar-refractivity contribution in [3.8, 4) is 0 Å². The van der Waals surface area contributed by atoms with Crippen molar-refractivity contribution < 1.29 is 28.7 Å². The Balaban J connectivity index is 0.000000211. The van der Waals surface area contributed by atoms with Gasteiger partial charge in [-0.25, -0.2) is 0 Å². The highest BCUT2D eigenvalue weighted by Gasteiger charge is 2.15. The molecule has 0 spiro atoms. The largest absolute Gasteiger partial charge is 0.356 e. The number of hydrogen-bond donors (Lipinski definition) is 4. The minimum Gasteiger partial charge on any atom is -0.321 e. The Hall–Kier alpha value is -1.26. The molecule has 0 aliphatic heterocycles. The molecule has 114 valence electrons. The molecule has 0 amide bonds. The van der Waals surface area contributed by atoms with Crippen molar-refractivity contribution in [3.63, 3.8) is 0 Å². The van der Waals surface area contributed by atoms with E-state index in [0.29, 0.717) is 0 Å².